The van der Waals surface area contributed by atoms with Gasteiger partial charge in [-0.15, -0.1) is 0 Å². The number of benzene rings is 1. The third-order valence-electron chi connectivity index (χ3n) is 4.35. The number of carbonyl (C=O) groups is 4. The highest BCUT2D eigenvalue weighted by molar-refractivity contribution is 5.99. The lowest BCUT2D eigenvalue weighted by atomic mass is 10.1. The second-order valence-corrected chi connectivity index (χ2v) is 6.91. The van der Waals surface area contributed by atoms with E-state index in [0.29, 0.717) is 0 Å². The maximum atomic E-state index is 12.6. The van der Waals surface area contributed by atoms with Gasteiger partial charge in [-0.3, -0.25) is 14.4 Å². The summed E-state index contributed by atoms with van der Waals surface area (Å²) in [5.74, 6) is -2.94. The van der Waals surface area contributed by atoms with Crippen molar-refractivity contribution in [3.63, 3.8) is 0 Å². The average Bonchev–Trinajstić information content (AvgIpc) is 2.66. The summed E-state index contributed by atoms with van der Waals surface area (Å²) in [5, 5.41) is 26.6. The Hall–Kier alpha value is -3.14. The van der Waals surface area contributed by atoms with Gasteiger partial charge in [-0.05, 0) is 32.4 Å². The predicted octanol–water partition coefficient (Wildman–Crippen LogP) is -0.587. The predicted molar refractivity (Wildman–Crippen MR) is 101 cm³/mol. The molecule has 0 saturated carbocycles. The molecule has 1 heterocycles. The van der Waals surface area contributed by atoms with Gasteiger partial charge in [-0.2, -0.15) is 0 Å². The quantitative estimate of drug-likeness (QED) is 0.439. The number of nitrogens with one attached hydrogen (secondary N) is 3. The van der Waals surface area contributed by atoms with Crippen LogP contribution in [0.15, 0.2) is 24.3 Å². The van der Waals surface area contributed by atoms with E-state index < -0.39 is 47.9 Å². The van der Waals surface area contributed by atoms with E-state index in [1.54, 1.807) is 25.1 Å². The minimum Gasteiger partial charge on any atom is -0.491 e. The summed E-state index contributed by atoms with van der Waals surface area (Å²) in [7, 11) is 0. The minimum atomic E-state index is -1.32. The number of aliphatic hydroxyl groups is 1. The largest absolute Gasteiger partial charge is 0.491 e. The van der Waals surface area contributed by atoms with Crippen LogP contribution >= 0.6 is 0 Å². The van der Waals surface area contributed by atoms with Gasteiger partial charge in [-0.1, -0.05) is 12.1 Å². The zero-order valence-corrected chi connectivity index (χ0v) is 16.2. The average molecular weight is 407 g/mol. The third-order valence-corrected chi connectivity index (χ3v) is 4.35. The lowest BCUT2D eigenvalue weighted by Gasteiger charge is -2.23. The molecule has 4 atom stereocenters. The van der Waals surface area contributed by atoms with Crippen LogP contribution in [0, 0.1) is 0 Å². The van der Waals surface area contributed by atoms with Gasteiger partial charge in [0.05, 0.1) is 17.7 Å². The van der Waals surface area contributed by atoms with E-state index in [0.717, 1.165) is 0 Å². The number of carbonyl (C=O) groups excluding carboxylic acids is 3. The molecule has 5 N–H and O–H groups in total. The molecule has 10 nitrogen and oxygen atoms in total. The first kappa shape index (κ1) is 22.2. The number of para-hydroxylation sites is 1. The Morgan fingerprint density at radius 1 is 1.17 bits per heavy atom. The van der Waals surface area contributed by atoms with Crippen LogP contribution in [0.2, 0.25) is 0 Å². The van der Waals surface area contributed by atoms with Crippen molar-refractivity contribution in [3.05, 3.63) is 29.8 Å². The summed E-state index contributed by atoms with van der Waals surface area (Å²) >= 11 is 0. The first-order valence-corrected chi connectivity index (χ1v) is 9.22. The van der Waals surface area contributed by atoms with Gasteiger partial charge >= 0.3 is 5.97 Å². The molecule has 0 bridgehead atoms. The number of rotatable bonds is 2. The molecule has 29 heavy (non-hydrogen) atoms. The smallest absolute Gasteiger partial charge is 0.326 e. The number of carboxylic acid groups (broad SMARTS) is 1. The van der Waals surface area contributed by atoms with Crippen LogP contribution in [0.4, 0.5) is 0 Å². The SMILES string of the molecule is C[C@H]1COc2ccccc2C(=O)N[C@H](C(=O)O)CCC(=O)N[C@@H]([C@@H](C)O)C(=O)N1. The molecule has 0 aromatic heterocycles. The molecular formula is C19H25N3O7. The zero-order valence-electron chi connectivity index (χ0n) is 16.2. The molecule has 0 radical (unpaired) electrons. The Balaban J connectivity index is 2.32. The van der Waals surface area contributed by atoms with Gasteiger partial charge in [0.25, 0.3) is 5.91 Å². The van der Waals surface area contributed by atoms with Gasteiger partial charge in [-0.25, -0.2) is 4.79 Å². The first-order chi connectivity index (χ1) is 13.7. The molecule has 158 valence electrons. The molecule has 2 rings (SSSR count). The van der Waals surface area contributed by atoms with Crippen LogP contribution < -0.4 is 20.7 Å². The molecule has 1 aromatic rings. The molecule has 0 spiro atoms. The van der Waals surface area contributed by atoms with Gasteiger partial charge in [0, 0.05) is 6.42 Å². The fourth-order valence-electron chi connectivity index (χ4n) is 2.79. The number of fused-ring (bicyclic) bond motifs is 1. The van der Waals surface area contributed by atoms with Crippen molar-refractivity contribution in [2.24, 2.45) is 0 Å². The Bertz CT molecular complexity index is 781. The van der Waals surface area contributed by atoms with Crippen molar-refractivity contribution in [2.75, 3.05) is 6.61 Å². The minimum absolute atomic E-state index is 0.0128. The van der Waals surface area contributed by atoms with Crippen molar-refractivity contribution in [1.29, 1.82) is 0 Å². The van der Waals surface area contributed by atoms with Gasteiger partial charge in [0.2, 0.25) is 11.8 Å². The summed E-state index contributed by atoms with van der Waals surface area (Å²) in [4.78, 5) is 48.7. The number of aliphatic carboxylic acids is 1. The Morgan fingerprint density at radius 3 is 2.52 bits per heavy atom. The highest BCUT2D eigenvalue weighted by Crippen LogP contribution is 2.19. The molecular weight excluding hydrogens is 382 g/mol. The van der Waals surface area contributed by atoms with Crippen LogP contribution in [0.1, 0.15) is 37.0 Å². The summed E-state index contributed by atoms with van der Waals surface area (Å²) in [6.07, 6.45) is -1.62. The van der Waals surface area contributed by atoms with E-state index in [1.807, 2.05) is 0 Å². The lowest BCUT2D eigenvalue weighted by molar-refractivity contribution is -0.139. The topological polar surface area (TPSA) is 154 Å². The van der Waals surface area contributed by atoms with E-state index >= 15 is 0 Å². The van der Waals surface area contributed by atoms with Crippen molar-refractivity contribution < 1.29 is 34.1 Å². The van der Waals surface area contributed by atoms with Crippen LogP contribution in [0.5, 0.6) is 5.75 Å². The number of ether oxygens (including phenoxy) is 1. The lowest BCUT2D eigenvalue weighted by Crippen LogP contribution is -2.54. The number of hydrogen-bond acceptors (Lipinski definition) is 6. The summed E-state index contributed by atoms with van der Waals surface area (Å²) in [6, 6.07) is 3.29. The fourth-order valence-corrected chi connectivity index (χ4v) is 2.79. The zero-order chi connectivity index (χ0) is 21.6. The van der Waals surface area contributed by atoms with Crippen LogP contribution in [-0.2, 0) is 14.4 Å². The van der Waals surface area contributed by atoms with Crippen molar-refractivity contribution in [1.82, 2.24) is 16.0 Å². The number of amides is 3. The van der Waals surface area contributed by atoms with Gasteiger partial charge in [0.15, 0.2) is 0 Å². The Morgan fingerprint density at radius 2 is 1.86 bits per heavy atom. The van der Waals surface area contributed by atoms with E-state index in [9.17, 15) is 29.4 Å². The van der Waals surface area contributed by atoms with Gasteiger partial charge < -0.3 is 30.9 Å². The third kappa shape index (κ3) is 6.18. The molecule has 0 unspecified atom stereocenters. The normalized spacial score (nSPS) is 25.1. The van der Waals surface area contributed by atoms with Gasteiger partial charge in [0.1, 0.15) is 24.4 Å². The van der Waals surface area contributed by atoms with E-state index in [1.165, 1.54) is 13.0 Å². The summed E-state index contributed by atoms with van der Waals surface area (Å²) in [6.45, 7) is 3.04. The van der Waals surface area contributed by atoms with E-state index in [-0.39, 0.29) is 30.8 Å². The second kappa shape index (κ2) is 9.87. The Labute approximate surface area is 167 Å². The van der Waals surface area contributed by atoms with E-state index in [2.05, 4.69) is 16.0 Å². The maximum Gasteiger partial charge on any atom is 0.326 e. The highest BCUT2D eigenvalue weighted by Gasteiger charge is 2.29. The Kier molecular flexibility index (Phi) is 7.54. The summed E-state index contributed by atoms with van der Waals surface area (Å²) < 4.78 is 5.63. The molecule has 0 aliphatic carbocycles. The maximum absolute atomic E-state index is 12.6. The fraction of sp³-hybridized carbons (Fsp3) is 0.474. The molecule has 3 amide bonds. The van der Waals surface area contributed by atoms with Crippen LogP contribution in [-0.4, -0.2) is 64.7 Å². The van der Waals surface area contributed by atoms with Crippen LogP contribution in [0.25, 0.3) is 0 Å². The monoisotopic (exact) mass is 407 g/mol. The molecule has 1 aliphatic heterocycles. The van der Waals surface area contributed by atoms with Crippen molar-refractivity contribution in [3.8, 4) is 5.75 Å². The summed E-state index contributed by atoms with van der Waals surface area (Å²) in [5.41, 5.74) is 0.137. The molecule has 1 aromatic carbocycles. The number of aliphatic hydroxyl groups excluding tert-OH is 1. The standard InChI is InChI=1S/C19H25N3O7/c1-10-9-29-14-6-4-3-5-12(14)17(25)21-13(19(27)28)7-8-15(24)22-16(11(2)23)18(26)20-10/h3-6,10-11,13,16,23H,7-9H2,1-2H3,(H,20,26)(H,21,25)(H,22,24)(H,27,28)/t10-,11+,13-,16-/m0/s1. The highest BCUT2D eigenvalue weighted by atomic mass is 16.5. The number of carboxylic acids is 1. The molecule has 10 heteroatoms. The molecule has 0 saturated heterocycles. The van der Waals surface area contributed by atoms with Crippen molar-refractivity contribution in [2.45, 2.75) is 50.9 Å². The second-order valence-electron chi connectivity index (χ2n) is 6.91. The van der Waals surface area contributed by atoms with Crippen LogP contribution in [0.3, 0.4) is 0 Å². The van der Waals surface area contributed by atoms with Crippen molar-refractivity contribution >= 4 is 23.7 Å². The number of hydrogen-bond donors (Lipinski definition) is 5. The molecule has 1 aliphatic rings. The van der Waals surface area contributed by atoms with E-state index in [4.69, 9.17) is 4.74 Å². The molecule has 0 fully saturated rings. The first-order valence-electron chi connectivity index (χ1n) is 9.22.